The molecular formula is C58H37N. The van der Waals surface area contributed by atoms with E-state index in [1.807, 2.05) is 0 Å². The molecule has 12 aromatic rings. The summed E-state index contributed by atoms with van der Waals surface area (Å²) in [5, 5.41) is 10.2. The van der Waals surface area contributed by atoms with E-state index in [4.69, 9.17) is 0 Å². The first-order valence-electron chi connectivity index (χ1n) is 20.4. The Morgan fingerprint density at radius 1 is 0.203 bits per heavy atom. The van der Waals surface area contributed by atoms with Crippen molar-refractivity contribution in [2.45, 2.75) is 0 Å². The van der Waals surface area contributed by atoms with Gasteiger partial charge in [-0.05, 0) is 161 Å². The smallest absolute Gasteiger partial charge is 0.0553 e. The van der Waals surface area contributed by atoms with Crippen LogP contribution in [-0.4, -0.2) is 4.57 Å². The minimum atomic E-state index is 1.18. The molecule has 0 saturated carbocycles. The average Bonchev–Trinajstić information content (AvgIpc) is 3.66. The van der Waals surface area contributed by atoms with Crippen molar-refractivity contribution < 1.29 is 0 Å². The Hall–Kier alpha value is -7.74. The standard InChI is InChI=1S/C58H37N/c1-4-11-38(12-5-1)50-34-51(39-13-6-2-7-14-39)36-52(35-50)47-26-24-43-29-41(20-22-45(43)31-47)42-21-23-46-32-48(27-25-44(46)30-42)53-33-49-28-19-40-15-10-18-55-57(40)58(49)56(37-53)59(55)54-16-8-3-9-17-54/h1-37H. The first-order chi connectivity index (χ1) is 29.2. The molecule has 1 nitrogen and oxygen atoms in total. The molecule has 1 aromatic heterocycles. The summed E-state index contributed by atoms with van der Waals surface area (Å²) in [5.74, 6) is 0. The summed E-state index contributed by atoms with van der Waals surface area (Å²) in [4.78, 5) is 0. The van der Waals surface area contributed by atoms with Crippen molar-refractivity contribution in [2.24, 2.45) is 0 Å². The lowest BCUT2D eigenvalue weighted by molar-refractivity contribution is 1.18. The highest BCUT2D eigenvalue weighted by Gasteiger charge is 2.18. The van der Waals surface area contributed by atoms with Gasteiger partial charge in [0, 0.05) is 16.5 Å². The topological polar surface area (TPSA) is 4.93 Å². The molecule has 274 valence electrons. The molecule has 0 aliphatic heterocycles. The van der Waals surface area contributed by atoms with Crippen LogP contribution in [0.15, 0.2) is 224 Å². The van der Waals surface area contributed by atoms with Gasteiger partial charge in [0.15, 0.2) is 0 Å². The lowest BCUT2D eigenvalue weighted by Crippen LogP contribution is -1.93. The molecule has 0 radical (unpaired) electrons. The van der Waals surface area contributed by atoms with Crippen molar-refractivity contribution in [2.75, 3.05) is 0 Å². The first-order valence-corrected chi connectivity index (χ1v) is 20.4. The van der Waals surface area contributed by atoms with E-state index in [1.54, 1.807) is 0 Å². The Balaban J connectivity index is 0.891. The van der Waals surface area contributed by atoms with Crippen molar-refractivity contribution >= 4 is 54.1 Å². The van der Waals surface area contributed by atoms with Crippen LogP contribution in [0.4, 0.5) is 0 Å². The van der Waals surface area contributed by atoms with Crippen molar-refractivity contribution in [3.63, 3.8) is 0 Å². The van der Waals surface area contributed by atoms with E-state index in [2.05, 4.69) is 229 Å². The van der Waals surface area contributed by atoms with Gasteiger partial charge in [-0.25, -0.2) is 0 Å². The predicted octanol–water partition coefficient (Wildman–Crippen LogP) is 16.0. The van der Waals surface area contributed by atoms with E-state index < -0.39 is 0 Å². The van der Waals surface area contributed by atoms with Crippen molar-refractivity contribution in [1.82, 2.24) is 4.57 Å². The van der Waals surface area contributed by atoms with Crippen LogP contribution in [0.5, 0.6) is 0 Å². The van der Waals surface area contributed by atoms with Gasteiger partial charge in [-0.1, -0.05) is 152 Å². The van der Waals surface area contributed by atoms with Crippen LogP contribution in [0, 0.1) is 0 Å². The maximum Gasteiger partial charge on any atom is 0.0553 e. The second kappa shape index (κ2) is 13.4. The molecular weight excluding hydrogens is 711 g/mol. The van der Waals surface area contributed by atoms with Crippen molar-refractivity contribution in [3.05, 3.63) is 224 Å². The Kier molecular flexibility index (Phi) is 7.61. The zero-order valence-corrected chi connectivity index (χ0v) is 32.3. The fourth-order valence-corrected chi connectivity index (χ4v) is 9.31. The molecule has 0 fully saturated rings. The third-order valence-electron chi connectivity index (χ3n) is 12.2. The summed E-state index contributed by atoms with van der Waals surface area (Å²) in [6.45, 7) is 0. The Bertz CT molecular complexity index is 3470. The van der Waals surface area contributed by atoms with Gasteiger partial charge in [-0.15, -0.1) is 0 Å². The molecule has 0 spiro atoms. The number of fused-ring (bicyclic) bond motifs is 2. The molecule has 0 saturated heterocycles. The molecule has 0 bridgehead atoms. The van der Waals surface area contributed by atoms with Crippen LogP contribution in [0.3, 0.4) is 0 Å². The van der Waals surface area contributed by atoms with Gasteiger partial charge in [0.1, 0.15) is 0 Å². The molecule has 1 heterocycles. The quantitative estimate of drug-likeness (QED) is 0.149. The molecule has 0 N–H and O–H groups in total. The van der Waals surface area contributed by atoms with Crippen LogP contribution >= 0.6 is 0 Å². The minimum Gasteiger partial charge on any atom is -0.309 e. The van der Waals surface area contributed by atoms with E-state index in [0.29, 0.717) is 0 Å². The third-order valence-corrected chi connectivity index (χ3v) is 12.2. The van der Waals surface area contributed by atoms with Crippen molar-refractivity contribution in [3.8, 4) is 61.3 Å². The summed E-state index contributed by atoms with van der Waals surface area (Å²) in [7, 11) is 0. The summed E-state index contributed by atoms with van der Waals surface area (Å²) in [6.07, 6.45) is 0. The molecule has 11 aromatic carbocycles. The predicted molar refractivity (Wildman–Crippen MR) is 252 cm³/mol. The largest absolute Gasteiger partial charge is 0.309 e. The lowest BCUT2D eigenvalue weighted by Gasteiger charge is -2.13. The zero-order chi connectivity index (χ0) is 38.9. The molecule has 0 aliphatic rings. The Labute approximate surface area is 343 Å². The van der Waals surface area contributed by atoms with Gasteiger partial charge >= 0.3 is 0 Å². The lowest BCUT2D eigenvalue weighted by atomic mass is 9.92. The van der Waals surface area contributed by atoms with Crippen LogP contribution in [0.2, 0.25) is 0 Å². The SMILES string of the molecule is c1ccc(-c2cc(-c3ccccc3)cc(-c3ccc4cc(-c5ccc6cc(-c7cc8ccc9cccc%10c9c8c(c7)n%10-c7ccccc7)ccc6c5)ccc4c3)c2)cc1. The number of para-hydroxylation sites is 1. The summed E-state index contributed by atoms with van der Waals surface area (Å²) in [5.41, 5.74) is 15.9. The molecule has 0 unspecified atom stereocenters. The first kappa shape index (κ1) is 33.4. The van der Waals surface area contributed by atoms with Gasteiger partial charge in [-0.2, -0.15) is 0 Å². The maximum absolute atomic E-state index is 2.43. The number of benzene rings is 11. The number of nitrogens with zero attached hydrogens (tertiary/aromatic N) is 1. The number of hydrogen-bond acceptors (Lipinski definition) is 0. The van der Waals surface area contributed by atoms with Gasteiger partial charge in [0.05, 0.1) is 11.0 Å². The average molecular weight is 748 g/mol. The second-order valence-electron chi connectivity index (χ2n) is 15.8. The summed E-state index contributed by atoms with van der Waals surface area (Å²) < 4.78 is 2.43. The highest BCUT2D eigenvalue weighted by atomic mass is 15.0. The summed E-state index contributed by atoms with van der Waals surface area (Å²) in [6, 6.07) is 82.5. The van der Waals surface area contributed by atoms with Gasteiger partial charge in [-0.3, -0.25) is 0 Å². The number of aromatic nitrogens is 1. The van der Waals surface area contributed by atoms with Gasteiger partial charge in [0.25, 0.3) is 0 Å². The molecule has 0 atom stereocenters. The molecule has 0 amide bonds. The van der Waals surface area contributed by atoms with Crippen molar-refractivity contribution in [1.29, 1.82) is 0 Å². The monoisotopic (exact) mass is 747 g/mol. The second-order valence-corrected chi connectivity index (χ2v) is 15.8. The highest BCUT2D eigenvalue weighted by Crippen LogP contribution is 2.42. The van der Waals surface area contributed by atoms with Crippen LogP contribution in [-0.2, 0) is 0 Å². The van der Waals surface area contributed by atoms with Crippen LogP contribution in [0.1, 0.15) is 0 Å². The third kappa shape index (κ3) is 5.70. The van der Waals surface area contributed by atoms with E-state index in [-0.39, 0.29) is 0 Å². The minimum absolute atomic E-state index is 1.18. The fourth-order valence-electron chi connectivity index (χ4n) is 9.31. The molecule has 59 heavy (non-hydrogen) atoms. The van der Waals surface area contributed by atoms with Gasteiger partial charge < -0.3 is 4.57 Å². The molecule has 12 rings (SSSR count). The number of rotatable bonds is 6. The molecule has 0 aliphatic carbocycles. The van der Waals surface area contributed by atoms with E-state index in [0.717, 1.165) is 0 Å². The van der Waals surface area contributed by atoms with Gasteiger partial charge in [0.2, 0.25) is 0 Å². The van der Waals surface area contributed by atoms with E-state index >= 15 is 0 Å². The normalized spacial score (nSPS) is 11.7. The fraction of sp³-hybridized carbons (Fsp3) is 0. The van der Waals surface area contributed by atoms with E-state index in [9.17, 15) is 0 Å². The molecule has 1 heteroatoms. The Morgan fingerprint density at radius 2 is 0.593 bits per heavy atom. The Morgan fingerprint density at radius 3 is 1.12 bits per heavy atom. The van der Waals surface area contributed by atoms with Crippen LogP contribution in [0.25, 0.3) is 115 Å². The van der Waals surface area contributed by atoms with E-state index in [1.165, 1.54) is 115 Å². The zero-order valence-electron chi connectivity index (χ0n) is 32.3. The summed E-state index contributed by atoms with van der Waals surface area (Å²) >= 11 is 0. The number of hydrogen-bond donors (Lipinski definition) is 0. The van der Waals surface area contributed by atoms with Crippen LogP contribution < -0.4 is 0 Å². The highest BCUT2D eigenvalue weighted by molar-refractivity contribution is 6.25. The maximum atomic E-state index is 2.43.